The third kappa shape index (κ3) is 3.39. The van der Waals surface area contributed by atoms with Crippen molar-refractivity contribution in [2.24, 2.45) is 5.92 Å². The molecule has 2 rings (SSSR count). The fourth-order valence-corrected chi connectivity index (χ4v) is 3.32. The quantitative estimate of drug-likeness (QED) is 0.827. The minimum atomic E-state index is -0.741. The highest BCUT2D eigenvalue weighted by molar-refractivity contribution is 7.84. The zero-order valence-corrected chi connectivity index (χ0v) is 9.50. The summed E-state index contributed by atoms with van der Waals surface area (Å²) in [5.74, 6) is 2.06. The van der Waals surface area contributed by atoms with Crippen molar-refractivity contribution in [1.29, 1.82) is 0 Å². The summed E-state index contributed by atoms with van der Waals surface area (Å²) in [7, 11) is -0.741. The maximum atomic E-state index is 11.8. The van der Waals surface area contributed by atoms with E-state index in [2.05, 4.69) is 10.3 Å². The van der Waals surface area contributed by atoms with E-state index in [1.165, 1.54) is 6.42 Å². The molecule has 0 aliphatic carbocycles. The van der Waals surface area contributed by atoms with Crippen LogP contribution in [-0.2, 0) is 16.6 Å². The average molecular weight is 224 g/mol. The molecule has 2 atom stereocenters. The maximum Gasteiger partial charge on any atom is 0.0500 e. The molecule has 82 valence electrons. The van der Waals surface area contributed by atoms with Gasteiger partial charge in [0.25, 0.3) is 0 Å². The Morgan fingerprint density at radius 2 is 2.53 bits per heavy atom. The first kappa shape index (κ1) is 10.8. The highest BCUT2D eigenvalue weighted by Gasteiger charge is 2.17. The lowest BCUT2D eigenvalue weighted by Gasteiger charge is -2.07. The van der Waals surface area contributed by atoms with Crippen LogP contribution in [0.25, 0.3) is 0 Å². The molecule has 0 bridgehead atoms. The molecule has 1 aromatic heterocycles. The molecule has 1 aromatic rings. The maximum absolute atomic E-state index is 11.8. The van der Waals surface area contributed by atoms with Crippen LogP contribution in [0.3, 0.4) is 0 Å². The Morgan fingerprint density at radius 3 is 3.20 bits per heavy atom. The van der Waals surface area contributed by atoms with Gasteiger partial charge in [-0.25, -0.2) is 0 Å². The van der Waals surface area contributed by atoms with Crippen molar-refractivity contribution in [1.82, 2.24) is 10.3 Å². The minimum Gasteiger partial charge on any atom is -0.316 e. The average Bonchev–Trinajstić information content (AvgIpc) is 2.71. The first-order valence-corrected chi connectivity index (χ1v) is 6.78. The predicted molar refractivity (Wildman–Crippen MR) is 61.9 cm³/mol. The first-order chi connectivity index (χ1) is 7.34. The molecule has 1 fully saturated rings. The Hall–Kier alpha value is -0.740. The lowest BCUT2D eigenvalue weighted by atomic mass is 10.2. The lowest BCUT2D eigenvalue weighted by molar-refractivity contribution is 0.632. The molecule has 3 nitrogen and oxygen atoms in total. The molecule has 15 heavy (non-hydrogen) atoms. The summed E-state index contributed by atoms with van der Waals surface area (Å²) >= 11 is 0. The largest absolute Gasteiger partial charge is 0.316 e. The zero-order chi connectivity index (χ0) is 10.5. The topological polar surface area (TPSA) is 42.0 Å². The summed E-state index contributed by atoms with van der Waals surface area (Å²) in [5, 5.41) is 3.29. The number of hydrogen-bond acceptors (Lipinski definition) is 3. The summed E-state index contributed by atoms with van der Waals surface area (Å²) in [4.78, 5) is 4.02. The molecule has 1 aliphatic heterocycles. The van der Waals surface area contributed by atoms with Crippen LogP contribution in [0.2, 0.25) is 0 Å². The van der Waals surface area contributed by atoms with E-state index in [0.717, 1.165) is 24.4 Å². The fourth-order valence-electron chi connectivity index (χ4n) is 1.85. The summed E-state index contributed by atoms with van der Waals surface area (Å²) in [6.07, 6.45) is 4.71. The van der Waals surface area contributed by atoms with E-state index in [0.29, 0.717) is 11.7 Å². The highest BCUT2D eigenvalue weighted by atomic mass is 32.2. The van der Waals surface area contributed by atoms with Gasteiger partial charge in [0.2, 0.25) is 0 Å². The molecule has 0 spiro atoms. The van der Waals surface area contributed by atoms with Gasteiger partial charge in [-0.05, 0) is 37.1 Å². The van der Waals surface area contributed by atoms with E-state index in [4.69, 9.17) is 0 Å². The Labute approximate surface area is 92.8 Å². The number of nitrogens with zero attached hydrogens (tertiary/aromatic N) is 1. The van der Waals surface area contributed by atoms with Crippen LogP contribution in [-0.4, -0.2) is 28.0 Å². The van der Waals surface area contributed by atoms with Crippen LogP contribution in [0.1, 0.15) is 12.0 Å². The third-order valence-electron chi connectivity index (χ3n) is 2.63. The van der Waals surface area contributed by atoms with Gasteiger partial charge in [0, 0.05) is 28.9 Å². The predicted octanol–water partition coefficient (Wildman–Crippen LogP) is 0.940. The van der Waals surface area contributed by atoms with Crippen LogP contribution in [0.4, 0.5) is 0 Å². The van der Waals surface area contributed by atoms with E-state index in [-0.39, 0.29) is 0 Å². The van der Waals surface area contributed by atoms with Crippen molar-refractivity contribution in [2.45, 2.75) is 12.2 Å². The second kappa shape index (κ2) is 5.37. The molecule has 1 N–H and O–H groups in total. The number of hydrogen-bond donors (Lipinski definition) is 1. The Kier molecular flexibility index (Phi) is 3.86. The van der Waals surface area contributed by atoms with Gasteiger partial charge >= 0.3 is 0 Å². The second-order valence-corrected chi connectivity index (χ2v) is 5.47. The van der Waals surface area contributed by atoms with Crippen LogP contribution in [0.5, 0.6) is 0 Å². The first-order valence-electron chi connectivity index (χ1n) is 5.29. The van der Waals surface area contributed by atoms with Crippen molar-refractivity contribution in [3.8, 4) is 0 Å². The smallest absolute Gasteiger partial charge is 0.0500 e. The van der Waals surface area contributed by atoms with Crippen molar-refractivity contribution in [3.05, 3.63) is 30.1 Å². The molecule has 2 heterocycles. The molecule has 1 saturated heterocycles. The third-order valence-corrected chi connectivity index (χ3v) is 4.13. The zero-order valence-electron chi connectivity index (χ0n) is 8.69. The lowest BCUT2D eigenvalue weighted by Crippen LogP contribution is -2.15. The van der Waals surface area contributed by atoms with Crippen molar-refractivity contribution in [3.63, 3.8) is 0 Å². The van der Waals surface area contributed by atoms with Crippen molar-refractivity contribution in [2.75, 3.05) is 18.8 Å². The van der Waals surface area contributed by atoms with Gasteiger partial charge in [-0.15, -0.1) is 0 Å². The van der Waals surface area contributed by atoms with E-state index >= 15 is 0 Å². The number of rotatable bonds is 4. The molecule has 0 radical (unpaired) electrons. The summed E-state index contributed by atoms with van der Waals surface area (Å²) in [6, 6.07) is 3.88. The molecule has 1 aliphatic rings. The van der Waals surface area contributed by atoms with E-state index in [1.807, 2.05) is 12.1 Å². The molecule has 0 unspecified atom stereocenters. The SMILES string of the molecule is O=[S@](Cc1cccnc1)C[C@H]1CCNC1. The molecule has 0 saturated carbocycles. The van der Waals surface area contributed by atoms with Gasteiger partial charge < -0.3 is 5.32 Å². The Bertz CT molecular complexity index is 323. The molecule has 0 aromatic carbocycles. The van der Waals surface area contributed by atoms with E-state index < -0.39 is 10.8 Å². The molecular weight excluding hydrogens is 208 g/mol. The summed E-state index contributed by atoms with van der Waals surface area (Å²) in [5.41, 5.74) is 1.07. The van der Waals surface area contributed by atoms with Crippen LogP contribution >= 0.6 is 0 Å². The van der Waals surface area contributed by atoms with Crippen molar-refractivity contribution >= 4 is 10.8 Å². The normalized spacial score (nSPS) is 22.8. The van der Waals surface area contributed by atoms with E-state index in [9.17, 15) is 4.21 Å². The van der Waals surface area contributed by atoms with Crippen molar-refractivity contribution < 1.29 is 4.21 Å². The van der Waals surface area contributed by atoms with Gasteiger partial charge in [0.1, 0.15) is 0 Å². The summed E-state index contributed by atoms with van der Waals surface area (Å²) < 4.78 is 11.8. The monoisotopic (exact) mass is 224 g/mol. The number of aromatic nitrogens is 1. The Morgan fingerprint density at radius 1 is 1.60 bits per heavy atom. The summed E-state index contributed by atoms with van der Waals surface area (Å²) in [6.45, 7) is 2.10. The van der Waals surface area contributed by atoms with Gasteiger partial charge in [0.05, 0.1) is 5.75 Å². The standard InChI is InChI=1S/C11H16N2OS/c14-15(9-11-3-5-13-7-11)8-10-2-1-4-12-6-10/h1-2,4,6,11,13H,3,5,7-9H2/t11-,15+/m0/s1. The van der Waals surface area contributed by atoms with Crippen LogP contribution in [0.15, 0.2) is 24.5 Å². The molecule has 4 heteroatoms. The van der Waals surface area contributed by atoms with Gasteiger partial charge in [-0.3, -0.25) is 9.19 Å². The minimum absolute atomic E-state index is 0.600. The number of pyridine rings is 1. The second-order valence-electron chi connectivity index (χ2n) is 3.97. The Balaban J connectivity index is 1.82. The fraction of sp³-hybridized carbons (Fsp3) is 0.545. The molecular formula is C11H16N2OS. The van der Waals surface area contributed by atoms with Gasteiger partial charge in [0.15, 0.2) is 0 Å². The van der Waals surface area contributed by atoms with E-state index in [1.54, 1.807) is 12.4 Å². The highest BCUT2D eigenvalue weighted by Crippen LogP contribution is 2.11. The van der Waals surface area contributed by atoms with Gasteiger partial charge in [-0.2, -0.15) is 0 Å². The van der Waals surface area contributed by atoms with Crippen LogP contribution < -0.4 is 5.32 Å². The van der Waals surface area contributed by atoms with Crippen LogP contribution in [0, 0.1) is 5.92 Å². The molecule has 0 amide bonds. The number of nitrogens with one attached hydrogen (secondary N) is 1. The van der Waals surface area contributed by atoms with Gasteiger partial charge in [-0.1, -0.05) is 6.07 Å².